The number of halogens is 1. The number of alkyl halides is 1. The van der Waals surface area contributed by atoms with Crippen molar-refractivity contribution >= 4 is 34.7 Å². The Hall–Kier alpha value is -1.31. The van der Waals surface area contributed by atoms with Crippen LogP contribution >= 0.6 is 22.6 Å². The number of benzene rings is 1. The highest BCUT2D eigenvalue weighted by Gasteiger charge is 2.40. The van der Waals surface area contributed by atoms with Crippen molar-refractivity contribution in [2.24, 2.45) is 11.8 Å². The molecule has 6 heteroatoms. The summed E-state index contributed by atoms with van der Waals surface area (Å²) < 4.78 is 11.2. The fourth-order valence-electron chi connectivity index (χ4n) is 2.35. The van der Waals surface area contributed by atoms with Crippen LogP contribution in [0.4, 0.5) is 4.79 Å². The predicted molar refractivity (Wildman–Crippen MR) is 86.5 cm³/mol. The van der Waals surface area contributed by atoms with E-state index in [1.54, 1.807) is 24.0 Å². The van der Waals surface area contributed by atoms with Gasteiger partial charge in [-0.1, -0.05) is 40.8 Å². The number of carbonyl (C=O) groups is 2. The van der Waals surface area contributed by atoms with Crippen LogP contribution in [-0.4, -0.2) is 41.1 Å². The van der Waals surface area contributed by atoms with Crippen LogP contribution in [0.3, 0.4) is 0 Å². The van der Waals surface area contributed by atoms with Gasteiger partial charge in [-0.3, -0.25) is 4.79 Å². The Morgan fingerprint density at radius 1 is 1.29 bits per heavy atom. The number of esters is 1. The second-order valence-corrected chi connectivity index (χ2v) is 5.74. The number of ether oxygens (including phenoxy) is 2. The molecule has 1 aliphatic rings. The average molecular weight is 403 g/mol. The molecule has 0 aliphatic carbocycles. The summed E-state index contributed by atoms with van der Waals surface area (Å²) in [5.74, 6) is 0.139. The standard InChI is InChI=1S/C15H18INO4/c1-2-20-14(18)13-10-17(9-11(13)8-16)15(19)21-12-6-4-3-5-7-12/h3-7,11,13H,2,8-10H2,1H3. The van der Waals surface area contributed by atoms with Crippen molar-refractivity contribution in [2.45, 2.75) is 6.92 Å². The topological polar surface area (TPSA) is 55.8 Å². The molecule has 0 radical (unpaired) electrons. The van der Waals surface area contributed by atoms with Gasteiger partial charge < -0.3 is 14.4 Å². The van der Waals surface area contributed by atoms with Crippen molar-refractivity contribution in [1.29, 1.82) is 0 Å². The zero-order valence-corrected chi connectivity index (χ0v) is 14.0. The van der Waals surface area contributed by atoms with E-state index in [1.807, 2.05) is 18.2 Å². The summed E-state index contributed by atoms with van der Waals surface area (Å²) >= 11 is 2.24. The predicted octanol–water partition coefficient (Wildman–Crippen LogP) is 2.73. The molecule has 0 spiro atoms. The highest BCUT2D eigenvalue weighted by molar-refractivity contribution is 14.1. The zero-order chi connectivity index (χ0) is 15.2. The summed E-state index contributed by atoms with van der Waals surface area (Å²) in [4.78, 5) is 25.7. The van der Waals surface area contributed by atoms with Gasteiger partial charge >= 0.3 is 12.1 Å². The highest BCUT2D eigenvalue weighted by Crippen LogP contribution is 2.27. The normalized spacial score (nSPS) is 21.1. The zero-order valence-electron chi connectivity index (χ0n) is 11.8. The number of hydrogen-bond acceptors (Lipinski definition) is 4. The molecule has 1 heterocycles. The van der Waals surface area contributed by atoms with Crippen LogP contribution in [0.1, 0.15) is 6.92 Å². The molecule has 0 N–H and O–H groups in total. The van der Waals surface area contributed by atoms with Crippen LogP contribution in [0.15, 0.2) is 30.3 Å². The van der Waals surface area contributed by atoms with E-state index in [2.05, 4.69) is 22.6 Å². The third kappa shape index (κ3) is 4.09. The van der Waals surface area contributed by atoms with Gasteiger partial charge in [0.1, 0.15) is 5.75 Å². The lowest BCUT2D eigenvalue weighted by Gasteiger charge is -2.15. The maximum atomic E-state index is 12.2. The van der Waals surface area contributed by atoms with Gasteiger partial charge in [-0.25, -0.2) is 4.79 Å². The van der Waals surface area contributed by atoms with Crippen molar-refractivity contribution in [2.75, 3.05) is 24.1 Å². The first-order valence-electron chi connectivity index (χ1n) is 6.90. The molecular formula is C15H18INO4. The molecule has 2 rings (SSSR count). The summed E-state index contributed by atoms with van der Waals surface area (Å²) in [6.45, 7) is 3.03. The molecule has 1 aromatic carbocycles. The number of hydrogen-bond donors (Lipinski definition) is 0. The van der Waals surface area contributed by atoms with E-state index in [9.17, 15) is 9.59 Å². The van der Waals surface area contributed by atoms with E-state index in [0.29, 0.717) is 25.4 Å². The van der Waals surface area contributed by atoms with Gasteiger partial charge in [0.25, 0.3) is 0 Å². The lowest BCUT2D eigenvalue weighted by atomic mass is 9.99. The third-order valence-corrected chi connectivity index (χ3v) is 4.57. The van der Waals surface area contributed by atoms with Gasteiger partial charge in [0.15, 0.2) is 0 Å². The van der Waals surface area contributed by atoms with E-state index < -0.39 is 6.09 Å². The van der Waals surface area contributed by atoms with Gasteiger partial charge in [-0.05, 0) is 19.1 Å². The fourth-order valence-corrected chi connectivity index (χ4v) is 3.24. The molecule has 0 bridgehead atoms. The SMILES string of the molecule is CCOC(=O)C1CN(C(=O)Oc2ccccc2)CC1CI. The summed E-state index contributed by atoms with van der Waals surface area (Å²) in [7, 11) is 0. The minimum absolute atomic E-state index is 0.118. The minimum atomic E-state index is -0.414. The molecule has 2 unspecified atom stereocenters. The van der Waals surface area contributed by atoms with Crippen LogP contribution in [-0.2, 0) is 9.53 Å². The monoisotopic (exact) mass is 403 g/mol. The third-order valence-electron chi connectivity index (χ3n) is 3.44. The van der Waals surface area contributed by atoms with Gasteiger partial charge in [0.05, 0.1) is 12.5 Å². The Balaban J connectivity index is 1.98. The Kier molecular flexibility index (Phi) is 5.84. The van der Waals surface area contributed by atoms with E-state index >= 15 is 0 Å². The molecule has 0 aromatic heterocycles. The lowest BCUT2D eigenvalue weighted by molar-refractivity contribution is -0.148. The number of nitrogens with zero attached hydrogens (tertiary/aromatic N) is 1. The van der Waals surface area contributed by atoms with Crippen molar-refractivity contribution < 1.29 is 19.1 Å². The Morgan fingerprint density at radius 2 is 2.00 bits per heavy atom. The van der Waals surface area contributed by atoms with Gasteiger partial charge in [0.2, 0.25) is 0 Å². The Morgan fingerprint density at radius 3 is 2.62 bits per heavy atom. The summed E-state index contributed by atoms with van der Waals surface area (Å²) in [6, 6.07) is 8.93. The molecule has 21 heavy (non-hydrogen) atoms. The second kappa shape index (κ2) is 7.63. The van der Waals surface area contributed by atoms with Gasteiger partial charge in [-0.2, -0.15) is 0 Å². The highest BCUT2D eigenvalue weighted by atomic mass is 127. The van der Waals surface area contributed by atoms with Crippen LogP contribution in [0.5, 0.6) is 5.75 Å². The van der Waals surface area contributed by atoms with Crippen LogP contribution in [0.2, 0.25) is 0 Å². The summed E-state index contributed by atoms with van der Waals surface area (Å²) in [5, 5.41) is 0. The first kappa shape index (κ1) is 16.1. The van der Waals surface area contributed by atoms with E-state index in [0.717, 1.165) is 4.43 Å². The smallest absolute Gasteiger partial charge is 0.415 e. The fraction of sp³-hybridized carbons (Fsp3) is 0.467. The van der Waals surface area contributed by atoms with Crippen LogP contribution in [0.25, 0.3) is 0 Å². The number of para-hydroxylation sites is 1. The van der Waals surface area contributed by atoms with Crippen molar-refractivity contribution in [3.63, 3.8) is 0 Å². The number of likely N-dealkylation sites (tertiary alicyclic amines) is 1. The molecule has 5 nitrogen and oxygen atoms in total. The van der Waals surface area contributed by atoms with E-state index in [1.165, 1.54) is 0 Å². The lowest BCUT2D eigenvalue weighted by Crippen LogP contribution is -2.32. The van der Waals surface area contributed by atoms with Crippen molar-refractivity contribution in [3.05, 3.63) is 30.3 Å². The van der Waals surface area contributed by atoms with Crippen LogP contribution < -0.4 is 4.74 Å². The Bertz CT molecular complexity index is 494. The molecule has 114 valence electrons. The van der Waals surface area contributed by atoms with Gasteiger partial charge in [0, 0.05) is 23.4 Å². The minimum Gasteiger partial charge on any atom is -0.466 e. The van der Waals surface area contributed by atoms with Crippen molar-refractivity contribution in [3.8, 4) is 5.75 Å². The average Bonchev–Trinajstić information content (AvgIpc) is 2.93. The number of carbonyl (C=O) groups excluding carboxylic acids is 2. The quantitative estimate of drug-likeness (QED) is 0.441. The van der Waals surface area contributed by atoms with E-state index in [-0.39, 0.29) is 17.8 Å². The molecule has 0 saturated carbocycles. The molecule has 2 atom stereocenters. The molecule has 1 amide bonds. The first-order valence-corrected chi connectivity index (χ1v) is 8.42. The molecular weight excluding hydrogens is 385 g/mol. The number of rotatable bonds is 4. The summed E-state index contributed by atoms with van der Waals surface area (Å²) in [5.41, 5.74) is 0. The van der Waals surface area contributed by atoms with E-state index in [4.69, 9.17) is 9.47 Å². The maximum absolute atomic E-state index is 12.2. The molecule has 1 aliphatic heterocycles. The first-order chi connectivity index (χ1) is 10.2. The number of amides is 1. The Labute approximate surface area is 137 Å². The van der Waals surface area contributed by atoms with Crippen LogP contribution in [0, 0.1) is 11.8 Å². The van der Waals surface area contributed by atoms with Gasteiger partial charge in [-0.15, -0.1) is 0 Å². The molecule has 1 saturated heterocycles. The maximum Gasteiger partial charge on any atom is 0.415 e. The van der Waals surface area contributed by atoms with Crippen molar-refractivity contribution in [1.82, 2.24) is 4.90 Å². The second-order valence-electron chi connectivity index (χ2n) is 4.86. The summed E-state index contributed by atoms with van der Waals surface area (Å²) in [6.07, 6.45) is -0.414. The largest absolute Gasteiger partial charge is 0.466 e. The molecule has 1 aromatic rings. The molecule has 1 fully saturated rings.